The number of hydrogen-bond acceptors (Lipinski definition) is 2. The van der Waals surface area contributed by atoms with E-state index >= 15 is 0 Å². The summed E-state index contributed by atoms with van der Waals surface area (Å²) in [6.45, 7) is 5.28. The van der Waals surface area contributed by atoms with Gasteiger partial charge in [-0.05, 0) is 39.4 Å². The molecule has 1 saturated heterocycles. The number of guanidine groups is 1. The van der Waals surface area contributed by atoms with Gasteiger partial charge in [0.1, 0.15) is 0 Å². The SMILES string of the molecule is CCCN=C(N)N(C)C1CCN(C)CC1. The second kappa shape index (κ2) is 5.95. The third-order valence-corrected chi connectivity index (χ3v) is 3.09. The van der Waals surface area contributed by atoms with Crippen LogP contribution in [-0.2, 0) is 0 Å². The summed E-state index contributed by atoms with van der Waals surface area (Å²) in [6.07, 6.45) is 3.44. The van der Waals surface area contributed by atoms with E-state index in [1.165, 1.54) is 12.8 Å². The van der Waals surface area contributed by atoms with Crippen LogP contribution in [0.2, 0.25) is 0 Å². The minimum Gasteiger partial charge on any atom is -0.370 e. The Hall–Kier alpha value is -0.770. The Kier molecular flexibility index (Phi) is 4.88. The van der Waals surface area contributed by atoms with E-state index in [0.29, 0.717) is 12.0 Å². The van der Waals surface area contributed by atoms with E-state index in [9.17, 15) is 0 Å². The Morgan fingerprint density at radius 2 is 2.07 bits per heavy atom. The molecule has 0 radical (unpaired) electrons. The third-order valence-electron chi connectivity index (χ3n) is 3.09. The van der Waals surface area contributed by atoms with Crippen molar-refractivity contribution in [3.63, 3.8) is 0 Å². The Bertz CT molecular complexity index is 207. The minimum absolute atomic E-state index is 0.571. The van der Waals surface area contributed by atoms with E-state index in [0.717, 1.165) is 26.1 Å². The van der Waals surface area contributed by atoms with Gasteiger partial charge in [-0.3, -0.25) is 4.99 Å². The zero-order valence-corrected chi connectivity index (χ0v) is 10.2. The first-order valence-corrected chi connectivity index (χ1v) is 5.86. The molecular weight excluding hydrogens is 188 g/mol. The van der Waals surface area contributed by atoms with Crippen molar-refractivity contribution in [3.05, 3.63) is 0 Å². The molecule has 1 heterocycles. The van der Waals surface area contributed by atoms with Crippen molar-refractivity contribution >= 4 is 5.96 Å². The van der Waals surface area contributed by atoms with Gasteiger partial charge in [-0.2, -0.15) is 0 Å². The molecule has 0 unspecified atom stereocenters. The number of hydrogen-bond donors (Lipinski definition) is 1. The molecule has 1 aliphatic rings. The second-order valence-electron chi connectivity index (χ2n) is 4.39. The highest BCUT2D eigenvalue weighted by molar-refractivity contribution is 5.78. The highest BCUT2D eigenvalue weighted by atomic mass is 15.3. The van der Waals surface area contributed by atoms with Crippen LogP contribution in [0.25, 0.3) is 0 Å². The molecule has 0 aromatic rings. The maximum atomic E-state index is 5.93. The van der Waals surface area contributed by atoms with Crippen LogP contribution in [0.5, 0.6) is 0 Å². The fourth-order valence-corrected chi connectivity index (χ4v) is 1.91. The molecular formula is C11H24N4. The van der Waals surface area contributed by atoms with Gasteiger partial charge < -0.3 is 15.5 Å². The molecule has 1 aliphatic heterocycles. The Morgan fingerprint density at radius 1 is 1.47 bits per heavy atom. The van der Waals surface area contributed by atoms with Gasteiger partial charge in [0.05, 0.1) is 0 Å². The van der Waals surface area contributed by atoms with E-state index in [-0.39, 0.29) is 0 Å². The lowest BCUT2D eigenvalue weighted by molar-refractivity contribution is 0.191. The lowest BCUT2D eigenvalue weighted by atomic mass is 10.0. The molecule has 1 fully saturated rings. The van der Waals surface area contributed by atoms with E-state index in [1.54, 1.807) is 0 Å². The summed E-state index contributed by atoms with van der Waals surface area (Å²) in [4.78, 5) is 8.85. The standard InChI is InChI=1S/C11H24N4/c1-4-7-13-11(12)15(3)10-5-8-14(2)9-6-10/h10H,4-9H2,1-3H3,(H2,12,13). The molecule has 0 aromatic heterocycles. The predicted molar refractivity (Wildman–Crippen MR) is 65.1 cm³/mol. The van der Waals surface area contributed by atoms with Crippen molar-refractivity contribution in [2.75, 3.05) is 33.7 Å². The number of nitrogens with zero attached hydrogens (tertiary/aromatic N) is 3. The molecule has 0 aromatic carbocycles. The highest BCUT2D eigenvalue weighted by Gasteiger charge is 2.21. The molecule has 0 saturated carbocycles. The van der Waals surface area contributed by atoms with E-state index in [2.05, 4.69) is 35.8 Å². The topological polar surface area (TPSA) is 44.9 Å². The second-order valence-corrected chi connectivity index (χ2v) is 4.39. The molecule has 2 N–H and O–H groups in total. The number of aliphatic imine (C=N–C) groups is 1. The van der Waals surface area contributed by atoms with Gasteiger partial charge in [0, 0.05) is 19.6 Å². The molecule has 0 aliphatic carbocycles. The van der Waals surface area contributed by atoms with Crippen LogP contribution in [-0.4, -0.2) is 55.5 Å². The lowest BCUT2D eigenvalue weighted by Crippen LogP contribution is -2.47. The van der Waals surface area contributed by atoms with Gasteiger partial charge in [0.25, 0.3) is 0 Å². The monoisotopic (exact) mass is 212 g/mol. The molecule has 0 bridgehead atoms. The zero-order valence-electron chi connectivity index (χ0n) is 10.2. The molecule has 4 nitrogen and oxygen atoms in total. The van der Waals surface area contributed by atoms with Crippen LogP contribution in [0.4, 0.5) is 0 Å². The number of likely N-dealkylation sites (tertiary alicyclic amines) is 1. The van der Waals surface area contributed by atoms with Gasteiger partial charge in [-0.25, -0.2) is 0 Å². The van der Waals surface area contributed by atoms with Crippen molar-refractivity contribution in [1.29, 1.82) is 0 Å². The molecule has 0 spiro atoms. The Balaban J connectivity index is 2.42. The summed E-state index contributed by atoms with van der Waals surface area (Å²) in [5.74, 6) is 0.700. The van der Waals surface area contributed by atoms with E-state index in [4.69, 9.17) is 5.73 Å². The number of rotatable bonds is 3. The zero-order chi connectivity index (χ0) is 11.3. The summed E-state index contributed by atoms with van der Waals surface area (Å²) in [5, 5.41) is 0. The van der Waals surface area contributed by atoms with Gasteiger partial charge in [0.15, 0.2) is 5.96 Å². The molecule has 15 heavy (non-hydrogen) atoms. The van der Waals surface area contributed by atoms with Gasteiger partial charge in [-0.1, -0.05) is 6.92 Å². The average molecular weight is 212 g/mol. The fraction of sp³-hybridized carbons (Fsp3) is 0.909. The van der Waals surface area contributed by atoms with Crippen LogP contribution in [0, 0.1) is 0 Å². The third kappa shape index (κ3) is 3.70. The maximum absolute atomic E-state index is 5.93. The van der Waals surface area contributed by atoms with Crippen LogP contribution in [0.1, 0.15) is 26.2 Å². The molecule has 0 amide bonds. The summed E-state index contributed by atoms with van der Waals surface area (Å²) in [6, 6.07) is 0.571. The first-order valence-electron chi connectivity index (χ1n) is 5.86. The highest BCUT2D eigenvalue weighted by Crippen LogP contribution is 2.13. The van der Waals surface area contributed by atoms with Crippen molar-refractivity contribution < 1.29 is 0 Å². The first-order chi connectivity index (χ1) is 7.15. The molecule has 88 valence electrons. The number of nitrogens with two attached hydrogens (primary N) is 1. The molecule has 0 atom stereocenters. The first kappa shape index (κ1) is 12.3. The van der Waals surface area contributed by atoms with Crippen molar-refractivity contribution in [2.24, 2.45) is 10.7 Å². The van der Waals surface area contributed by atoms with Crippen molar-refractivity contribution in [3.8, 4) is 0 Å². The van der Waals surface area contributed by atoms with Gasteiger partial charge in [0.2, 0.25) is 0 Å². The average Bonchev–Trinajstić information content (AvgIpc) is 2.26. The van der Waals surface area contributed by atoms with Crippen LogP contribution < -0.4 is 5.73 Å². The Labute approximate surface area is 93.1 Å². The Morgan fingerprint density at radius 3 is 2.60 bits per heavy atom. The molecule has 1 rings (SSSR count). The predicted octanol–water partition coefficient (Wildman–Crippen LogP) is 0.737. The smallest absolute Gasteiger partial charge is 0.191 e. The van der Waals surface area contributed by atoms with Crippen LogP contribution >= 0.6 is 0 Å². The largest absolute Gasteiger partial charge is 0.370 e. The maximum Gasteiger partial charge on any atom is 0.191 e. The van der Waals surface area contributed by atoms with Gasteiger partial charge in [-0.15, -0.1) is 0 Å². The van der Waals surface area contributed by atoms with E-state index < -0.39 is 0 Å². The summed E-state index contributed by atoms with van der Waals surface area (Å²) >= 11 is 0. The molecule has 4 heteroatoms. The summed E-state index contributed by atoms with van der Waals surface area (Å²) < 4.78 is 0. The number of piperidine rings is 1. The van der Waals surface area contributed by atoms with Gasteiger partial charge >= 0.3 is 0 Å². The van der Waals surface area contributed by atoms with Crippen LogP contribution in [0.3, 0.4) is 0 Å². The summed E-state index contributed by atoms with van der Waals surface area (Å²) in [7, 11) is 4.23. The van der Waals surface area contributed by atoms with Crippen LogP contribution in [0.15, 0.2) is 4.99 Å². The summed E-state index contributed by atoms with van der Waals surface area (Å²) in [5.41, 5.74) is 5.93. The minimum atomic E-state index is 0.571. The van der Waals surface area contributed by atoms with E-state index in [1.807, 2.05) is 0 Å². The fourth-order valence-electron chi connectivity index (χ4n) is 1.91. The van der Waals surface area contributed by atoms with Crippen molar-refractivity contribution in [2.45, 2.75) is 32.2 Å². The normalized spacial score (nSPS) is 20.6. The quantitative estimate of drug-likeness (QED) is 0.554. The van der Waals surface area contributed by atoms with Crippen molar-refractivity contribution in [1.82, 2.24) is 9.80 Å². The lowest BCUT2D eigenvalue weighted by Gasteiger charge is -2.35.